The Morgan fingerprint density at radius 1 is 1.11 bits per heavy atom. The third-order valence-electron chi connectivity index (χ3n) is 4.40. The molecule has 2 aromatic carbocycles. The summed E-state index contributed by atoms with van der Waals surface area (Å²) in [6, 6.07) is 13.0. The minimum atomic E-state index is -3.72. The van der Waals surface area contributed by atoms with Crippen LogP contribution < -0.4 is 10.0 Å². The van der Waals surface area contributed by atoms with Crippen molar-refractivity contribution in [2.75, 3.05) is 11.3 Å². The third kappa shape index (κ3) is 4.58. The summed E-state index contributed by atoms with van der Waals surface area (Å²) in [7, 11) is -1.82. The number of nitrogens with zero attached hydrogens (tertiary/aromatic N) is 2. The quantitative estimate of drug-likeness (QED) is 0.639. The molecule has 8 heteroatoms. The topological polar surface area (TPSA) is 93.1 Å². The zero-order valence-electron chi connectivity index (χ0n) is 15.7. The van der Waals surface area contributed by atoms with E-state index in [0.717, 1.165) is 11.3 Å². The van der Waals surface area contributed by atoms with Gasteiger partial charge in [0.2, 0.25) is 0 Å². The van der Waals surface area contributed by atoms with Crippen molar-refractivity contribution in [3.8, 4) is 0 Å². The van der Waals surface area contributed by atoms with Gasteiger partial charge >= 0.3 is 0 Å². The smallest absolute Gasteiger partial charge is 0.261 e. The van der Waals surface area contributed by atoms with Gasteiger partial charge < -0.3 is 9.88 Å². The van der Waals surface area contributed by atoms with E-state index in [1.54, 1.807) is 24.7 Å². The molecule has 1 amide bonds. The number of aromatic nitrogens is 2. The highest BCUT2D eigenvalue weighted by molar-refractivity contribution is 7.92. The SMILES string of the molecule is Cc1ccccc1NS(=O)(=O)c1ccc(C(=O)NCCc2cncn2C)cc1. The van der Waals surface area contributed by atoms with Crippen LogP contribution in [0.2, 0.25) is 0 Å². The molecule has 3 aromatic rings. The Morgan fingerprint density at radius 3 is 2.46 bits per heavy atom. The van der Waals surface area contributed by atoms with Crippen molar-refractivity contribution in [3.63, 3.8) is 0 Å². The van der Waals surface area contributed by atoms with Crippen LogP contribution in [0.3, 0.4) is 0 Å². The second-order valence-electron chi connectivity index (χ2n) is 6.45. The van der Waals surface area contributed by atoms with Crippen LogP contribution in [-0.2, 0) is 23.5 Å². The number of hydrogen-bond acceptors (Lipinski definition) is 4. The van der Waals surface area contributed by atoms with E-state index in [0.29, 0.717) is 24.2 Å². The van der Waals surface area contributed by atoms with E-state index in [9.17, 15) is 13.2 Å². The fraction of sp³-hybridized carbons (Fsp3) is 0.200. The molecule has 0 fully saturated rings. The van der Waals surface area contributed by atoms with Crippen molar-refractivity contribution < 1.29 is 13.2 Å². The second-order valence-corrected chi connectivity index (χ2v) is 8.13. The molecule has 0 saturated carbocycles. The van der Waals surface area contributed by atoms with Crippen LogP contribution in [0.4, 0.5) is 5.69 Å². The normalized spacial score (nSPS) is 11.2. The lowest BCUT2D eigenvalue weighted by Gasteiger charge is -2.11. The first kappa shape index (κ1) is 19.6. The summed E-state index contributed by atoms with van der Waals surface area (Å²) in [5, 5.41) is 2.82. The Kier molecular flexibility index (Phi) is 5.79. The summed E-state index contributed by atoms with van der Waals surface area (Å²) in [5.41, 5.74) is 2.78. The first-order chi connectivity index (χ1) is 13.4. The first-order valence-electron chi connectivity index (χ1n) is 8.79. The fourth-order valence-corrected chi connectivity index (χ4v) is 3.84. The maximum Gasteiger partial charge on any atom is 0.261 e. The molecular formula is C20H22N4O3S. The predicted octanol–water partition coefficient (Wildman–Crippen LogP) is 2.50. The van der Waals surface area contributed by atoms with Gasteiger partial charge in [-0.25, -0.2) is 13.4 Å². The molecule has 0 spiro atoms. The molecule has 0 unspecified atom stereocenters. The number of para-hydroxylation sites is 1. The standard InChI is InChI=1S/C20H22N4O3S/c1-15-5-3-4-6-19(15)23-28(26,27)18-9-7-16(8-10-18)20(25)22-12-11-17-13-21-14-24(17)2/h3-10,13-14,23H,11-12H2,1-2H3,(H,22,25). The summed E-state index contributed by atoms with van der Waals surface area (Å²) < 4.78 is 29.6. The highest BCUT2D eigenvalue weighted by Gasteiger charge is 2.16. The van der Waals surface area contributed by atoms with Crippen LogP contribution in [-0.4, -0.2) is 30.4 Å². The third-order valence-corrected chi connectivity index (χ3v) is 5.78. The van der Waals surface area contributed by atoms with Gasteiger partial charge in [-0.1, -0.05) is 18.2 Å². The Bertz CT molecular complexity index is 1070. The van der Waals surface area contributed by atoms with Crippen LogP contribution in [0.15, 0.2) is 66.0 Å². The number of carbonyl (C=O) groups is 1. The van der Waals surface area contributed by atoms with Crippen LogP contribution in [0.5, 0.6) is 0 Å². The number of aryl methyl sites for hydroxylation is 2. The molecule has 0 aliphatic rings. The van der Waals surface area contributed by atoms with Crippen molar-refractivity contribution in [3.05, 3.63) is 77.9 Å². The Balaban J connectivity index is 1.63. The van der Waals surface area contributed by atoms with E-state index in [1.807, 2.05) is 30.7 Å². The number of sulfonamides is 1. The van der Waals surface area contributed by atoms with Crippen LogP contribution >= 0.6 is 0 Å². The van der Waals surface area contributed by atoms with Crippen molar-refractivity contribution >= 4 is 21.6 Å². The molecule has 3 rings (SSSR count). The maximum absolute atomic E-state index is 12.6. The van der Waals surface area contributed by atoms with Crippen LogP contribution in [0.1, 0.15) is 21.6 Å². The number of carbonyl (C=O) groups excluding carboxylic acids is 1. The van der Waals surface area contributed by atoms with E-state index < -0.39 is 10.0 Å². The van der Waals surface area contributed by atoms with Gasteiger partial charge in [0.1, 0.15) is 0 Å². The zero-order valence-corrected chi connectivity index (χ0v) is 16.5. The highest BCUT2D eigenvalue weighted by atomic mass is 32.2. The van der Waals surface area contributed by atoms with Gasteiger partial charge in [0, 0.05) is 37.5 Å². The molecule has 2 N–H and O–H groups in total. The second kappa shape index (κ2) is 8.26. The molecule has 0 saturated heterocycles. The number of benzene rings is 2. The molecule has 0 atom stereocenters. The number of amides is 1. The lowest BCUT2D eigenvalue weighted by molar-refractivity contribution is 0.0954. The van der Waals surface area contributed by atoms with Crippen molar-refractivity contribution in [1.29, 1.82) is 0 Å². The molecule has 0 radical (unpaired) electrons. The molecule has 146 valence electrons. The lowest BCUT2D eigenvalue weighted by atomic mass is 10.2. The van der Waals surface area contributed by atoms with Crippen molar-refractivity contribution in [1.82, 2.24) is 14.9 Å². The van der Waals surface area contributed by atoms with Crippen LogP contribution in [0.25, 0.3) is 0 Å². The highest BCUT2D eigenvalue weighted by Crippen LogP contribution is 2.19. The molecule has 0 aliphatic heterocycles. The number of nitrogens with one attached hydrogen (secondary N) is 2. The predicted molar refractivity (Wildman–Crippen MR) is 108 cm³/mol. The summed E-state index contributed by atoms with van der Waals surface area (Å²) in [4.78, 5) is 16.4. The average Bonchev–Trinajstić information content (AvgIpc) is 3.08. The monoisotopic (exact) mass is 398 g/mol. The van der Waals surface area contributed by atoms with Gasteiger partial charge in [-0.05, 0) is 42.8 Å². The molecular weight excluding hydrogens is 376 g/mol. The number of hydrogen-bond donors (Lipinski definition) is 2. The maximum atomic E-state index is 12.6. The van der Waals surface area contributed by atoms with E-state index in [1.165, 1.54) is 24.3 Å². The molecule has 1 heterocycles. The summed E-state index contributed by atoms with van der Waals surface area (Å²) >= 11 is 0. The first-order valence-corrected chi connectivity index (χ1v) is 10.3. The lowest BCUT2D eigenvalue weighted by Crippen LogP contribution is -2.26. The Labute approximate surface area is 164 Å². The van der Waals surface area contributed by atoms with Gasteiger partial charge in [0.05, 0.1) is 16.9 Å². The largest absolute Gasteiger partial charge is 0.352 e. The molecule has 28 heavy (non-hydrogen) atoms. The minimum Gasteiger partial charge on any atom is -0.352 e. The van der Waals surface area contributed by atoms with E-state index >= 15 is 0 Å². The van der Waals surface area contributed by atoms with Gasteiger partial charge in [0.25, 0.3) is 15.9 Å². The molecule has 0 bridgehead atoms. The summed E-state index contributed by atoms with van der Waals surface area (Å²) in [6.07, 6.45) is 4.13. The molecule has 1 aromatic heterocycles. The van der Waals surface area contributed by atoms with Gasteiger partial charge in [-0.3, -0.25) is 9.52 Å². The van der Waals surface area contributed by atoms with Crippen LogP contribution in [0, 0.1) is 6.92 Å². The van der Waals surface area contributed by atoms with Crippen molar-refractivity contribution in [2.24, 2.45) is 7.05 Å². The van der Waals surface area contributed by atoms with E-state index in [2.05, 4.69) is 15.0 Å². The number of rotatable bonds is 7. The fourth-order valence-electron chi connectivity index (χ4n) is 2.71. The van der Waals surface area contributed by atoms with Gasteiger partial charge in [0.15, 0.2) is 0 Å². The van der Waals surface area contributed by atoms with E-state index in [4.69, 9.17) is 0 Å². The zero-order chi connectivity index (χ0) is 20.1. The van der Waals surface area contributed by atoms with Crippen molar-refractivity contribution in [2.45, 2.75) is 18.2 Å². The summed E-state index contributed by atoms with van der Waals surface area (Å²) in [6.45, 7) is 2.30. The molecule has 0 aliphatic carbocycles. The number of imidazole rings is 1. The van der Waals surface area contributed by atoms with E-state index in [-0.39, 0.29) is 10.8 Å². The van der Waals surface area contributed by atoms with Gasteiger partial charge in [-0.2, -0.15) is 0 Å². The van der Waals surface area contributed by atoms with Gasteiger partial charge in [-0.15, -0.1) is 0 Å². The molecule has 7 nitrogen and oxygen atoms in total. The Morgan fingerprint density at radius 2 is 1.82 bits per heavy atom. The average molecular weight is 398 g/mol. The summed E-state index contributed by atoms with van der Waals surface area (Å²) in [5.74, 6) is -0.252. The Hall–Kier alpha value is -3.13. The minimum absolute atomic E-state index is 0.0992. The number of anilines is 1.